The summed E-state index contributed by atoms with van der Waals surface area (Å²) >= 11 is 0. The zero-order valence-corrected chi connectivity index (χ0v) is 10.9. The van der Waals surface area contributed by atoms with Crippen LogP contribution in [0.4, 0.5) is 10.1 Å². The van der Waals surface area contributed by atoms with Gasteiger partial charge >= 0.3 is 0 Å². The molecule has 0 spiro atoms. The van der Waals surface area contributed by atoms with Crippen molar-refractivity contribution in [3.8, 4) is 0 Å². The molecule has 0 radical (unpaired) electrons. The van der Waals surface area contributed by atoms with E-state index in [1.54, 1.807) is 0 Å². The Morgan fingerprint density at radius 1 is 1.33 bits per heavy atom. The third-order valence-electron chi connectivity index (χ3n) is 2.72. The molecule has 0 saturated heterocycles. The maximum Gasteiger partial charge on any atom is 0.125 e. The van der Waals surface area contributed by atoms with Crippen molar-refractivity contribution in [3.63, 3.8) is 0 Å². The number of benzene rings is 1. The molecule has 0 saturated carbocycles. The summed E-state index contributed by atoms with van der Waals surface area (Å²) in [4.78, 5) is 0. The fourth-order valence-electron chi connectivity index (χ4n) is 1.79. The highest BCUT2D eigenvalue weighted by Crippen LogP contribution is 2.14. The monoisotopic (exact) mass is 247 g/mol. The number of halogens is 1. The van der Waals surface area contributed by atoms with Gasteiger partial charge in [0.1, 0.15) is 5.82 Å². The van der Waals surface area contributed by atoms with Crippen LogP contribution in [-0.4, -0.2) is 9.78 Å². The minimum absolute atomic E-state index is 0.213. The third kappa shape index (κ3) is 3.09. The van der Waals surface area contributed by atoms with Gasteiger partial charge < -0.3 is 5.32 Å². The smallest absolute Gasteiger partial charge is 0.125 e. The number of aromatic nitrogens is 2. The molecule has 1 N–H and O–H groups in total. The van der Waals surface area contributed by atoms with Gasteiger partial charge in [0.05, 0.1) is 6.20 Å². The lowest BCUT2D eigenvalue weighted by atomic mass is 10.2. The predicted molar refractivity (Wildman–Crippen MR) is 71.1 cm³/mol. The van der Waals surface area contributed by atoms with Gasteiger partial charge in [0.25, 0.3) is 0 Å². The Kier molecular flexibility index (Phi) is 3.65. The molecule has 0 amide bonds. The van der Waals surface area contributed by atoms with Crippen LogP contribution >= 0.6 is 0 Å². The van der Waals surface area contributed by atoms with Crippen LogP contribution in [0.3, 0.4) is 0 Å². The summed E-state index contributed by atoms with van der Waals surface area (Å²) in [7, 11) is 0. The van der Waals surface area contributed by atoms with E-state index in [-0.39, 0.29) is 5.82 Å². The molecule has 1 aromatic heterocycles. The van der Waals surface area contributed by atoms with Crippen molar-refractivity contribution in [2.24, 2.45) is 0 Å². The van der Waals surface area contributed by atoms with Gasteiger partial charge in [-0.3, -0.25) is 4.68 Å². The minimum Gasteiger partial charge on any atom is -0.381 e. The standard InChI is InChI=1S/C14H18FN3/c1-10(2)18-9-12(8-17-18)7-16-14-5-11(3)4-13(15)6-14/h4-6,8-10,16H,7H2,1-3H3. The fourth-order valence-corrected chi connectivity index (χ4v) is 1.79. The Morgan fingerprint density at radius 2 is 2.11 bits per heavy atom. The SMILES string of the molecule is Cc1cc(F)cc(NCc2cnn(C(C)C)c2)c1. The largest absolute Gasteiger partial charge is 0.381 e. The van der Waals surface area contributed by atoms with E-state index in [0.29, 0.717) is 12.6 Å². The second-order valence-electron chi connectivity index (χ2n) is 4.79. The Balaban J connectivity index is 2.02. The summed E-state index contributed by atoms with van der Waals surface area (Å²) in [6, 6.07) is 5.30. The molecule has 2 aromatic rings. The summed E-state index contributed by atoms with van der Waals surface area (Å²) < 4.78 is 15.1. The number of hydrogen-bond donors (Lipinski definition) is 1. The van der Waals surface area contributed by atoms with Crippen molar-refractivity contribution < 1.29 is 4.39 Å². The van der Waals surface area contributed by atoms with Crippen molar-refractivity contribution >= 4 is 5.69 Å². The van der Waals surface area contributed by atoms with Crippen molar-refractivity contribution in [1.82, 2.24) is 9.78 Å². The molecule has 0 aliphatic heterocycles. The molecule has 96 valence electrons. The van der Waals surface area contributed by atoms with Gasteiger partial charge in [-0.25, -0.2) is 4.39 Å². The van der Waals surface area contributed by atoms with Gasteiger partial charge in [0, 0.05) is 30.0 Å². The first-order valence-electron chi connectivity index (χ1n) is 6.08. The van der Waals surface area contributed by atoms with Crippen molar-refractivity contribution in [2.75, 3.05) is 5.32 Å². The summed E-state index contributed by atoms with van der Waals surface area (Å²) in [5.41, 5.74) is 2.80. The van der Waals surface area contributed by atoms with E-state index in [1.165, 1.54) is 12.1 Å². The minimum atomic E-state index is -0.213. The summed E-state index contributed by atoms with van der Waals surface area (Å²) in [6.45, 7) is 6.70. The molecule has 4 heteroatoms. The Bertz CT molecular complexity index is 511. The average Bonchev–Trinajstić information content (AvgIpc) is 2.73. The van der Waals surface area contributed by atoms with E-state index < -0.39 is 0 Å². The van der Waals surface area contributed by atoms with Crippen LogP contribution in [0.2, 0.25) is 0 Å². The normalized spacial score (nSPS) is 10.9. The number of rotatable bonds is 4. The number of nitrogens with zero attached hydrogens (tertiary/aromatic N) is 2. The van der Waals surface area contributed by atoms with Crippen molar-refractivity contribution in [1.29, 1.82) is 0 Å². The van der Waals surface area contributed by atoms with Crippen LogP contribution in [0.5, 0.6) is 0 Å². The van der Waals surface area contributed by atoms with Gasteiger partial charge in [0.2, 0.25) is 0 Å². The van der Waals surface area contributed by atoms with Crippen LogP contribution in [0.1, 0.15) is 31.0 Å². The van der Waals surface area contributed by atoms with Crippen LogP contribution in [0, 0.1) is 12.7 Å². The van der Waals surface area contributed by atoms with Crippen molar-refractivity contribution in [2.45, 2.75) is 33.4 Å². The lowest BCUT2D eigenvalue weighted by Crippen LogP contribution is -2.01. The Hall–Kier alpha value is -1.84. The molecular weight excluding hydrogens is 229 g/mol. The zero-order valence-electron chi connectivity index (χ0n) is 10.9. The predicted octanol–water partition coefficient (Wildman–Crippen LogP) is 3.52. The highest BCUT2D eigenvalue weighted by Gasteiger charge is 2.02. The lowest BCUT2D eigenvalue weighted by Gasteiger charge is -2.06. The van der Waals surface area contributed by atoms with Gasteiger partial charge in [-0.1, -0.05) is 0 Å². The number of aryl methyl sites for hydroxylation is 1. The molecular formula is C14H18FN3. The summed E-state index contributed by atoms with van der Waals surface area (Å²) in [5, 5.41) is 7.47. The van der Waals surface area contributed by atoms with E-state index in [2.05, 4.69) is 24.3 Å². The first-order chi connectivity index (χ1) is 8.54. The van der Waals surface area contributed by atoms with E-state index >= 15 is 0 Å². The fraction of sp³-hybridized carbons (Fsp3) is 0.357. The van der Waals surface area contributed by atoms with Crippen LogP contribution in [0.25, 0.3) is 0 Å². The van der Waals surface area contributed by atoms with Gasteiger partial charge in [-0.2, -0.15) is 5.10 Å². The second-order valence-corrected chi connectivity index (χ2v) is 4.79. The highest BCUT2D eigenvalue weighted by molar-refractivity contribution is 5.46. The average molecular weight is 247 g/mol. The van der Waals surface area contributed by atoms with Crippen molar-refractivity contribution in [3.05, 3.63) is 47.5 Å². The summed E-state index contributed by atoms with van der Waals surface area (Å²) in [5.74, 6) is -0.213. The molecule has 1 aromatic carbocycles. The lowest BCUT2D eigenvalue weighted by molar-refractivity contribution is 0.532. The third-order valence-corrected chi connectivity index (χ3v) is 2.72. The van der Waals surface area contributed by atoms with E-state index in [1.807, 2.05) is 30.1 Å². The quantitative estimate of drug-likeness (QED) is 0.895. The van der Waals surface area contributed by atoms with E-state index in [4.69, 9.17) is 0 Å². The number of hydrogen-bond acceptors (Lipinski definition) is 2. The van der Waals surface area contributed by atoms with Gasteiger partial charge in [-0.05, 0) is 44.5 Å². The Morgan fingerprint density at radius 3 is 2.72 bits per heavy atom. The number of nitrogens with one attached hydrogen (secondary N) is 1. The molecule has 0 aliphatic rings. The van der Waals surface area contributed by atoms with E-state index in [0.717, 1.165) is 16.8 Å². The molecule has 0 bridgehead atoms. The van der Waals surface area contributed by atoms with Crippen LogP contribution in [-0.2, 0) is 6.54 Å². The Labute approximate surface area is 107 Å². The van der Waals surface area contributed by atoms with Gasteiger partial charge in [0.15, 0.2) is 0 Å². The topological polar surface area (TPSA) is 29.9 Å². The van der Waals surface area contributed by atoms with Gasteiger partial charge in [-0.15, -0.1) is 0 Å². The second kappa shape index (κ2) is 5.21. The molecule has 0 unspecified atom stereocenters. The first kappa shape index (κ1) is 12.6. The maximum absolute atomic E-state index is 13.2. The number of anilines is 1. The molecule has 0 aliphatic carbocycles. The zero-order chi connectivity index (χ0) is 13.1. The molecule has 0 fully saturated rings. The van der Waals surface area contributed by atoms with Crippen LogP contribution < -0.4 is 5.32 Å². The molecule has 18 heavy (non-hydrogen) atoms. The first-order valence-corrected chi connectivity index (χ1v) is 6.08. The van der Waals surface area contributed by atoms with Crippen LogP contribution in [0.15, 0.2) is 30.6 Å². The molecule has 2 rings (SSSR count). The maximum atomic E-state index is 13.2. The molecule has 3 nitrogen and oxygen atoms in total. The molecule has 1 heterocycles. The highest BCUT2D eigenvalue weighted by atomic mass is 19.1. The summed E-state index contributed by atoms with van der Waals surface area (Å²) in [6.07, 6.45) is 3.84. The molecule has 0 atom stereocenters. The van der Waals surface area contributed by atoms with E-state index in [9.17, 15) is 4.39 Å².